The van der Waals surface area contributed by atoms with E-state index < -0.39 is 23.7 Å². The first-order valence-electron chi connectivity index (χ1n) is 3.91. The van der Waals surface area contributed by atoms with Crippen molar-refractivity contribution >= 4 is 39.6 Å². The van der Waals surface area contributed by atoms with Crippen LogP contribution in [0.15, 0.2) is 12.2 Å². The fourth-order valence-electron chi connectivity index (χ4n) is 0.699. The van der Waals surface area contributed by atoms with Crippen LogP contribution in [-0.2, 0) is 22.3 Å². The van der Waals surface area contributed by atoms with E-state index in [9.17, 15) is 13.7 Å². The van der Waals surface area contributed by atoms with Gasteiger partial charge in [0.1, 0.15) is 0 Å². The lowest BCUT2D eigenvalue weighted by Gasteiger charge is -2.00. The van der Waals surface area contributed by atoms with Crippen LogP contribution in [-0.4, -0.2) is 24.8 Å². The summed E-state index contributed by atoms with van der Waals surface area (Å²) < 4.78 is 42.8. The van der Waals surface area contributed by atoms with E-state index >= 15 is 0 Å². The lowest BCUT2D eigenvalue weighted by Crippen LogP contribution is -1.89. The average Bonchev–Trinajstić information content (AvgIpc) is 2.00. The van der Waals surface area contributed by atoms with Gasteiger partial charge in [-0.05, 0) is 9.13 Å². The molecule has 0 aliphatic carbocycles. The second-order valence-electron chi connectivity index (χ2n) is 2.46. The molecule has 0 aromatic rings. The third-order valence-corrected chi connectivity index (χ3v) is 5.93. The summed E-state index contributed by atoms with van der Waals surface area (Å²) in [6, 6.07) is 0. The van der Waals surface area contributed by atoms with Crippen LogP contribution in [0.5, 0.6) is 0 Å². The van der Waals surface area contributed by atoms with Crippen molar-refractivity contribution in [2.75, 3.05) is 24.8 Å². The van der Waals surface area contributed by atoms with Crippen molar-refractivity contribution in [2.24, 2.45) is 0 Å². The minimum absolute atomic E-state index is 0.0393. The summed E-state index contributed by atoms with van der Waals surface area (Å²) in [5.41, 5.74) is 0. The third-order valence-electron chi connectivity index (χ3n) is 1.06. The first-order chi connectivity index (χ1) is 6.89. The van der Waals surface area contributed by atoms with Crippen molar-refractivity contribution < 1.29 is 22.3 Å². The Labute approximate surface area is 99.0 Å². The highest BCUT2D eigenvalue weighted by atomic mass is 79.9. The van der Waals surface area contributed by atoms with Gasteiger partial charge in [0.2, 0.25) is 0 Å². The van der Waals surface area contributed by atoms with Crippen molar-refractivity contribution in [3.05, 3.63) is 12.2 Å². The lowest BCUT2D eigenvalue weighted by atomic mass is 10.6. The van der Waals surface area contributed by atoms with Crippen LogP contribution >= 0.6 is 39.6 Å². The number of alkyl halides is 1. The lowest BCUT2D eigenvalue weighted by molar-refractivity contribution is 0.397. The van der Waals surface area contributed by atoms with Crippen LogP contribution in [0.2, 0.25) is 0 Å². The second-order valence-corrected chi connectivity index (χ2v) is 7.76. The Morgan fingerprint density at radius 3 is 2.00 bits per heavy atom. The molecular formula is C6H12BrO5P3+2. The van der Waals surface area contributed by atoms with E-state index in [1.807, 2.05) is 0 Å². The Hall–Kier alpha value is 0.570. The van der Waals surface area contributed by atoms with Crippen molar-refractivity contribution in [2.45, 2.75) is 0 Å². The monoisotopic (exact) mass is 336 g/mol. The van der Waals surface area contributed by atoms with Gasteiger partial charge in [-0.15, -0.1) is 0 Å². The molecule has 2 atom stereocenters. The second kappa shape index (κ2) is 7.78. The molecule has 2 unspecified atom stereocenters. The van der Waals surface area contributed by atoms with E-state index in [0.717, 1.165) is 0 Å². The fraction of sp³-hybridized carbons (Fsp3) is 0.667. The topological polar surface area (TPSA) is 69.7 Å². The molecule has 0 radical (unpaired) electrons. The van der Waals surface area contributed by atoms with Gasteiger partial charge >= 0.3 is 23.7 Å². The zero-order valence-electron chi connectivity index (χ0n) is 8.33. The van der Waals surface area contributed by atoms with Gasteiger partial charge in [-0.25, -0.2) is 0 Å². The summed E-state index contributed by atoms with van der Waals surface area (Å²) in [6.07, 6.45) is 3.22. The van der Waals surface area contributed by atoms with Crippen molar-refractivity contribution in [1.29, 1.82) is 0 Å². The Morgan fingerprint density at radius 2 is 1.67 bits per heavy atom. The molecule has 15 heavy (non-hydrogen) atoms. The maximum atomic E-state index is 11.8. The van der Waals surface area contributed by atoms with Gasteiger partial charge < -0.3 is 0 Å². The molecule has 0 amide bonds. The molecule has 86 valence electrons. The van der Waals surface area contributed by atoms with Gasteiger partial charge in [-0.3, -0.25) is 4.57 Å². The predicted octanol–water partition coefficient (Wildman–Crippen LogP) is 3.91. The predicted molar refractivity (Wildman–Crippen MR) is 64.6 cm³/mol. The number of allylic oxidation sites excluding steroid dienone is 2. The average molecular weight is 337 g/mol. The summed E-state index contributed by atoms with van der Waals surface area (Å²) in [5, 5.41) is 0.601. The standard InChI is InChI=1S/C6H12BrO5P3/c1-13(8)11-15(10,12-14(2)9)6-4-3-5-7/h3-4H,5-6H2,1-2H3/q+2/b4-3+. The first-order valence-corrected chi connectivity index (χ1v) is 10.0. The molecule has 0 rings (SSSR count). The highest BCUT2D eigenvalue weighted by Crippen LogP contribution is 2.59. The van der Waals surface area contributed by atoms with Gasteiger partial charge in [0, 0.05) is 5.33 Å². The first kappa shape index (κ1) is 15.6. The quantitative estimate of drug-likeness (QED) is 0.400. The molecule has 0 aromatic heterocycles. The molecule has 0 aliphatic rings. The molecule has 0 aromatic carbocycles. The SMILES string of the molecule is C[P+](=O)OP(=O)(C/C=C/CBr)O[P+](C)=O. The minimum Gasteiger partial charge on any atom is -0.252 e. The number of hydrogen-bond donors (Lipinski definition) is 0. The maximum absolute atomic E-state index is 11.8. The van der Waals surface area contributed by atoms with Crippen molar-refractivity contribution in [3.8, 4) is 0 Å². The van der Waals surface area contributed by atoms with Gasteiger partial charge in [0.05, 0.1) is 6.16 Å². The number of halogens is 1. The molecular weight excluding hydrogens is 325 g/mol. The summed E-state index contributed by atoms with van der Waals surface area (Å²) in [7, 11) is -7.64. The highest BCUT2D eigenvalue weighted by Gasteiger charge is 2.39. The molecule has 0 heterocycles. The minimum atomic E-state index is -3.54. The van der Waals surface area contributed by atoms with Crippen molar-refractivity contribution in [1.82, 2.24) is 0 Å². The molecule has 9 heteroatoms. The van der Waals surface area contributed by atoms with Crippen LogP contribution in [0.4, 0.5) is 0 Å². The molecule has 0 aliphatic heterocycles. The Bertz CT molecular complexity index is 296. The van der Waals surface area contributed by atoms with E-state index in [-0.39, 0.29) is 6.16 Å². The third kappa shape index (κ3) is 8.38. The van der Waals surface area contributed by atoms with Gasteiger partial charge in [0.15, 0.2) is 13.3 Å². The van der Waals surface area contributed by atoms with Gasteiger partial charge in [-0.2, -0.15) is 0 Å². The zero-order chi connectivity index (χ0) is 11.9. The van der Waals surface area contributed by atoms with Crippen molar-refractivity contribution in [3.63, 3.8) is 0 Å². The van der Waals surface area contributed by atoms with E-state index in [4.69, 9.17) is 0 Å². The van der Waals surface area contributed by atoms with E-state index in [1.54, 1.807) is 12.2 Å². The summed E-state index contributed by atoms with van der Waals surface area (Å²) in [6.45, 7) is 2.53. The van der Waals surface area contributed by atoms with Crippen LogP contribution in [0.1, 0.15) is 0 Å². The Balaban J connectivity index is 4.54. The van der Waals surface area contributed by atoms with E-state index in [0.29, 0.717) is 5.33 Å². The summed E-state index contributed by atoms with van der Waals surface area (Å²) in [5.74, 6) is 0. The van der Waals surface area contributed by atoms with Crippen LogP contribution < -0.4 is 0 Å². The summed E-state index contributed by atoms with van der Waals surface area (Å²) in [4.78, 5) is 0. The molecule has 0 spiro atoms. The normalized spacial score (nSPS) is 17.5. The molecule has 0 bridgehead atoms. The number of rotatable bonds is 7. The molecule has 0 N–H and O–H groups in total. The summed E-state index contributed by atoms with van der Waals surface area (Å²) >= 11 is 3.15. The van der Waals surface area contributed by atoms with Gasteiger partial charge in [0.25, 0.3) is 0 Å². The Morgan fingerprint density at radius 1 is 1.20 bits per heavy atom. The van der Waals surface area contributed by atoms with Gasteiger partial charge in [-0.1, -0.05) is 36.7 Å². The zero-order valence-corrected chi connectivity index (χ0v) is 12.6. The smallest absolute Gasteiger partial charge is 0.252 e. The Kier molecular flexibility index (Phi) is 8.08. The molecule has 0 fully saturated rings. The molecule has 0 saturated heterocycles. The maximum Gasteiger partial charge on any atom is 0.513 e. The number of hydrogen-bond acceptors (Lipinski definition) is 5. The highest BCUT2D eigenvalue weighted by molar-refractivity contribution is 9.09. The van der Waals surface area contributed by atoms with E-state index in [2.05, 4.69) is 24.6 Å². The largest absolute Gasteiger partial charge is 0.513 e. The van der Waals surface area contributed by atoms with Crippen LogP contribution in [0, 0.1) is 0 Å². The van der Waals surface area contributed by atoms with E-state index in [1.165, 1.54) is 13.3 Å². The fourth-order valence-corrected chi connectivity index (χ4v) is 5.09. The molecule has 5 nitrogen and oxygen atoms in total. The molecule has 0 saturated carbocycles. The van der Waals surface area contributed by atoms with Crippen LogP contribution in [0.3, 0.4) is 0 Å². The van der Waals surface area contributed by atoms with Crippen LogP contribution in [0.25, 0.3) is 0 Å².